The Morgan fingerprint density at radius 1 is 1.02 bits per heavy atom. The van der Waals surface area contributed by atoms with Crippen LogP contribution in [0.4, 0.5) is 5.69 Å². The molecule has 1 atom stereocenters. The van der Waals surface area contributed by atoms with Crippen LogP contribution >= 0.6 is 11.6 Å². The summed E-state index contributed by atoms with van der Waals surface area (Å²) in [4.78, 5) is 31.6. The SMILES string of the molecule is CC(C)(C)[C@H]1C/C(=C/c2ccc(Cl)cc2)c2nc3ccccc3c(C(=O)OCC(=O)Nc3ccc4c(c3)OCO4)c2C1. The molecule has 0 spiro atoms. The van der Waals surface area contributed by atoms with E-state index in [0.29, 0.717) is 45.1 Å². The minimum absolute atomic E-state index is 0.0197. The number of allylic oxidation sites excluding steroid dienone is 1. The van der Waals surface area contributed by atoms with Gasteiger partial charge in [-0.05, 0) is 77.3 Å². The molecule has 6 rings (SSSR count). The summed E-state index contributed by atoms with van der Waals surface area (Å²) in [5.41, 5.74) is 5.37. The highest BCUT2D eigenvalue weighted by molar-refractivity contribution is 6.30. The van der Waals surface area contributed by atoms with Crippen molar-refractivity contribution in [1.29, 1.82) is 0 Å². The maximum Gasteiger partial charge on any atom is 0.339 e. The minimum atomic E-state index is -0.550. The van der Waals surface area contributed by atoms with Crippen LogP contribution in [-0.4, -0.2) is 30.3 Å². The normalized spacial score (nSPS) is 16.8. The summed E-state index contributed by atoms with van der Waals surface area (Å²) in [5.74, 6) is 0.422. The molecule has 1 N–H and O–H groups in total. The Kier molecular flexibility index (Phi) is 7.37. The molecule has 1 aliphatic heterocycles. The third-order valence-corrected chi connectivity index (χ3v) is 8.10. The number of para-hydroxylation sites is 1. The fourth-order valence-corrected chi connectivity index (χ4v) is 5.63. The van der Waals surface area contributed by atoms with Crippen LogP contribution in [0, 0.1) is 11.3 Å². The quantitative estimate of drug-likeness (QED) is 0.244. The highest BCUT2D eigenvalue weighted by Gasteiger charge is 2.35. The predicted octanol–water partition coefficient (Wildman–Crippen LogP) is 7.56. The lowest BCUT2D eigenvalue weighted by Crippen LogP contribution is -2.29. The van der Waals surface area contributed by atoms with Crippen LogP contribution in [0.15, 0.2) is 66.7 Å². The molecule has 8 heteroatoms. The van der Waals surface area contributed by atoms with Crippen LogP contribution in [0.1, 0.15) is 54.4 Å². The summed E-state index contributed by atoms with van der Waals surface area (Å²) in [6, 6.07) is 20.4. The van der Waals surface area contributed by atoms with Crippen LogP contribution in [0.5, 0.6) is 11.5 Å². The summed E-state index contributed by atoms with van der Waals surface area (Å²) in [5, 5.41) is 4.14. The number of nitrogens with zero attached hydrogens (tertiary/aromatic N) is 1. The second-order valence-electron chi connectivity index (χ2n) is 11.7. The first kappa shape index (κ1) is 27.8. The van der Waals surface area contributed by atoms with Crippen LogP contribution in [0.25, 0.3) is 22.6 Å². The van der Waals surface area contributed by atoms with E-state index in [4.69, 9.17) is 30.8 Å². The van der Waals surface area contributed by atoms with Gasteiger partial charge in [0.15, 0.2) is 18.1 Å². The zero-order valence-corrected chi connectivity index (χ0v) is 24.5. The fraction of sp³-hybridized carbons (Fsp3) is 0.265. The van der Waals surface area contributed by atoms with Crippen molar-refractivity contribution in [3.8, 4) is 11.5 Å². The number of hydrogen-bond donors (Lipinski definition) is 1. The molecule has 1 aliphatic carbocycles. The molecule has 4 aromatic rings. The number of carbonyl (C=O) groups excluding carboxylic acids is 2. The lowest BCUT2D eigenvalue weighted by molar-refractivity contribution is -0.119. The van der Waals surface area contributed by atoms with Crippen LogP contribution in [-0.2, 0) is 16.0 Å². The Bertz CT molecular complexity index is 1720. The molecule has 3 aromatic carbocycles. The van der Waals surface area contributed by atoms with Crippen molar-refractivity contribution in [2.24, 2.45) is 11.3 Å². The van der Waals surface area contributed by atoms with Crippen molar-refractivity contribution in [3.63, 3.8) is 0 Å². The smallest absolute Gasteiger partial charge is 0.339 e. The van der Waals surface area contributed by atoms with Gasteiger partial charge in [-0.3, -0.25) is 4.79 Å². The molecule has 2 heterocycles. The van der Waals surface area contributed by atoms with Gasteiger partial charge in [-0.2, -0.15) is 0 Å². The number of amides is 1. The topological polar surface area (TPSA) is 86.8 Å². The van der Waals surface area contributed by atoms with Gasteiger partial charge in [-0.15, -0.1) is 0 Å². The van der Waals surface area contributed by atoms with Gasteiger partial charge in [0.2, 0.25) is 6.79 Å². The van der Waals surface area contributed by atoms with E-state index in [1.807, 2.05) is 48.5 Å². The summed E-state index contributed by atoms with van der Waals surface area (Å²) >= 11 is 6.14. The molecule has 0 saturated carbocycles. The summed E-state index contributed by atoms with van der Waals surface area (Å²) in [6.07, 6.45) is 3.61. The summed E-state index contributed by atoms with van der Waals surface area (Å²) < 4.78 is 16.3. The zero-order chi connectivity index (χ0) is 29.4. The Labute approximate surface area is 249 Å². The Balaban J connectivity index is 1.34. The maximum absolute atomic E-state index is 13.8. The maximum atomic E-state index is 13.8. The molecule has 0 bridgehead atoms. The molecule has 0 saturated heterocycles. The fourth-order valence-electron chi connectivity index (χ4n) is 5.50. The van der Waals surface area contributed by atoms with E-state index in [2.05, 4.69) is 32.2 Å². The van der Waals surface area contributed by atoms with Crippen LogP contribution in [0.3, 0.4) is 0 Å². The first-order chi connectivity index (χ1) is 20.2. The molecule has 0 unspecified atom stereocenters. The van der Waals surface area contributed by atoms with Crippen molar-refractivity contribution in [2.75, 3.05) is 18.7 Å². The van der Waals surface area contributed by atoms with Gasteiger partial charge >= 0.3 is 5.97 Å². The number of nitrogens with one attached hydrogen (secondary N) is 1. The Morgan fingerprint density at radius 3 is 2.57 bits per heavy atom. The minimum Gasteiger partial charge on any atom is -0.454 e. The number of ether oxygens (including phenoxy) is 3. The van der Waals surface area contributed by atoms with E-state index in [9.17, 15) is 9.59 Å². The molecule has 42 heavy (non-hydrogen) atoms. The van der Waals surface area contributed by atoms with Gasteiger partial charge in [-0.1, -0.05) is 62.7 Å². The number of carbonyl (C=O) groups is 2. The van der Waals surface area contributed by atoms with Gasteiger partial charge in [-0.25, -0.2) is 9.78 Å². The molecular weight excluding hydrogens is 552 g/mol. The van der Waals surface area contributed by atoms with E-state index < -0.39 is 18.5 Å². The van der Waals surface area contributed by atoms with E-state index in [0.717, 1.165) is 28.8 Å². The van der Waals surface area contributed by atoms with Crippen molar-refractivity contribution < 1.29 is 23.8 Å². The van der Waals surface area contributed by atoms with E-state index in [-0.39, 0.29) is 18.1 Å². The van der Waals surface area contributed by atoms with Crippen molar-refractivity contribution in [2.45, 2.75) is 33.6 Å². The summed E-state index contributed by atoms with van der Waals surface area (Å²) in [6.45, 7) is 6.36. The monoisotopic (exact) mass is 582 g/mol. The van der Waals surface area contributed by atoms with Gasteiger partial charge in [0.25, 0.3) is 5.91 Å². The molecular formula is C34H31ClN2O5. The number of esters is 1. The standard InChI is InChI=1S/C34H31ClN2O5/c1-34(2,3)22-15-21(14-20-8-10-23(35)11-9-20)32-26(16-22)31(25-6-4-5-7-27(25)37-32)33(39)40-18-30(38)36-24-12-13-28-29(17-24)42-19-41-28/h4-14,17,22H,15-16,18-19H2,1-3H3,(H,36,38)/b21-14-/t22-/m0/s1. The number of anilines is 1. The lowest BCUT2D eigenvalue weighted by Gasteiger charge is -2.36. The number of halogens is 1. The Morgan fingerprint density at radius 2 is 1.79 bits per heavy atom. The third kappa shape index (κ3) is 5.70. The first-order valence-corrected chi connectivity index (χ1v) is 14.3. The van der Waals surface area contributed by atoms with Crippen LogP contribution < -0.4 is 14.8 Å². The first-order valence-electron chi connectivity index (χ1n) is 13.9. The van der Waals surface area contributed by atoms with E-state index >= 15 is 0 Å². The van der Waals surface area contributed by atoms with E-state index in [1.54, 1.807) is 18.2 Å². The molecule has 1 aromatic heterocycles. The number of rotatable bonds is 5. The third-order valence-electron chi connectivity index (χ3n) is 7.84. The number of hydrogen-bond acceptors (Lipinski definition) is 6. The molecule has 1 amide bonds. The predicted molar refractivity (Wildman–Crippen MR) is 164 cm³/mol. The zero-order valence-electron chi connectivity index (χ0n) is 23.7. The number of pyridine rings is 1. The van der Waals surface area contributed by atoms with Gasteiger partial charge < -0.3 is 19.5 Å². The van der Waals surface area contributed by atoms with Crippen molar-refractivity contribution in [1.82, 2.24) is 4.98 Å². The van der Waals surface area contributed by atoms with E-state index in [1.165, 1.54) is 0 Å². The second kappa shape index (κ2) is 11.1. The highest BCUT2D eigenvalue weighted by atomic mass is 35.5. The van der Waals surface area contributed by atoms with Crippen LogP contribution in [0.2, 0.25) is 5.02 Å². The van der Waals surface area contributed by atoms with Crippen molar-refractivity contribution >= 4 is 51.7 Å². The average molecular weight is 583 g/mol. The second-order valence-corrected chi connectivity index (χ2v) is 12.2. The number of fused-ring (bicyclic) bond motifs is 3. The summed E-state index contributed by atoms with van der Waals surface area (Å²) in [7, 11) is 0. The molecule has 7 nitrogen and oxygen atoms in total. The average Bonchev–Trinajstić information content (AvgIpc) is 3.43. The van der Waals surface area contributed by atoms with Crippen molar-refractivity contribution in [3.05, 3.63) is 94.1 Å². The molecule has 214 valence electrons. The van der Waals surface area contributed by atoms with Gasteiger partial charge in [0, 0.05) is 22.2 Å². The molecule has 0 fully saturated rings. The number of benzene rings is 3. The molecule has 0 radical (unpaired) electrons. The Hall–Kier alpha value is -4.36. The number of aromatic nitrogens is 1. The lowest BCUT2D eigenvalue weighted by atomic mass is 9.69. The van der Waals surface area contributed by atoms with Gasteiger partial charge in [0.05, 0.1) is 16.8 Å². The highest BCUT2D eigenvalue weighted by Crippen LogP contribution is 2.45. The largest absolute Gasteiger partial charge is 0.454 e. The molecule has 2 aliphatic rings. The van der Waals surface area contributed by atoms with Gasteiger partial charge in [0.1, 0.15) is 0 Å².